The zero-order valence-corrected chi connectivity index (χ0v) is 9.37. The van der Waals surface area contributed by atoms with Gasteiger partial charge in [0.2, 0.25) is 0 Å². The standard InChI is InChI=1S/C12H13N3O2/c16-9-10-8-13-11-2-1-3-12(15(10)11)14-4-6-17-7-5-14/h1-3,8-9H,4-7H2. The molecule has 2 aromatic rings. The van der Waals surface area contributed by atoms with Gasteiger partial charge in [0, 0.05) is 13.1 Å². The smallest absolute Gasteiger partial charge is 0.168 e. The molecule has 0 atom stereocenters. The summed E-state index contributed by atoms with van der Waals surface area (Å²) in [6.45, 7) is 3.13. The van der Waals surface area contributed by atoms with Crippen molar-refractivity contribution in [2.24, 2.45) is 0 Å². The van der Waals surface area contributed by atoms with Gasteiger partial charge in [-0.1, -0.05) is 6.07 Å². The van der Waals surface area contributed by atoms with Gasteiger partial charge in [0.25, 0.3) is 0 Å². The van der Waals surface area contributed by atoms with Gasteiger partial charge in [-0.25, -0.2) is 4.98 Å². The number of imidazole rings is 1. The fourth-order valence-corrected chi connectivity index (χ4v) is 2.16. The van der Waals surface area contributed by atoms with Gasteiger partial charge in [0.05, 0.1) is 19.4 Å². The Morgan fingerprint density at radius 3 is 2.88 bits per heavy atom. The first-order valence-corrected chi connectivity index (χ1v) is 5.64. The van der Waals surface area contributed by atoms with E-state index in [0.29, 0.717) is 5.69 Å². The molecular formula is C12H13N3O2. The maximum atomic E-state index is 11.0. The lowest BCUT2D eigenvalue weighted by Gasteiger charge is -2.29. The molecule has 0 saturated carbocycles. The van der Waals surface area contributed by atoms with Crippen LogP contribution in [0.5, 0.6) is 0 Å². The number of fused-ring (bicyclic) bond motifs is 1. The molecule has 0 amide bonds. The number of ether oxygens (including phenoxy) is 1. The number of carbonyl (C=O) groups excluding carboxylic acids is 1. The number of aldehydes is 1. The largest absolute Gasteiger partial charge is 0.378 e. The lowest BCUT2D eigenvalue weighted by atomic mass is 10.3. The molecule has 0 unspecified atom stereocenters. The molecule has 0 aliphatic carbocycles. The van der Waals surface area contributed by atoms with Crippen LogP contribution in [0, 0.1) is 0 Å². The van der Waals surface area contributed by atoms with Crippen LogP contribution in [0.2, 0.25) is 0 Å². The first-order chi connectivity index (χ1) is 8.40. The highest BCUT2D eigenvalue weighted by Crippen LogP contribution is 2.19. The number of hydrogen-bond donors (Lipinski definition) is 0. The van der Waals surface area contributed by atoms with Gasteiger partial charge in [-0.2, -0.15) is 0 Å². The lowest BCUT2D eigenvalue weighted by Crippen LogP contribution is -2.37. The highest BCUT2D eigenvalue weighted by Gasteiger charge is 2.15. The van der Waals surface area contributed by atoms with Crippen molar-refractivity contribution in [3.63, 3.8) is 0 Å². The van der Waals surface area contributed by atoms with E-state index in [9.17, 15) is 4.79 Å². The van der Waals surface area contributed by atoms with Crippen LogP contribution in [0.4, 0.5) is 5.82 Å². The molecule has 5 nitrogen and oxygen atoms in total. The third-order valence-electron chi connectivity index (χ3n) is 2.99. The summed E-state index contributed by atoms with van der Waals surface area (Å²) in [4.78, 5) is 17.4. The minimum atomic E-state index is 0.585. The molecule has 0 radical (unpaired) electrons. The van der Waals surface area contributed by atoms with Crippen LogP contribution in [0.25, 0.3) is 5.65 Å². The van der Waals surface area contributed by atoms with E-state index in [1.807, 2.05) is 22.6 Å². The topological polar surface area (TPSA) is 46.8 Å². The Hall–Kier alpha value is -1.88. The third-order valence-corrected chi connectivity index (χ3v) is 2.99. The second-order valence-electron chi connectivity index (χ2n) is 3.98. The Bertz CT molecular complexity index is 544. The average molecular weight is 231 g/mol. The van der Waals surface area contributed by atoms with E-state index in [-0.39, 0.29) is 0 Å². The molecular weight excluding hydrogens is 218 g/mol. The number of hydrogen-bond acceptors (Lipinski definition) is 4. The Balaban J connectivity index is 2.13. The number of pyridine rings is 1. The molecule has 3 rings (SSSR count). The number of nitrogens with zero attached hydrogens (tertiary/aromatic N) is 3. The molecule has 0 aromatic carbocycles. The van der Waals surface area contributed by atoms with Crippen molar-refractivity contribution in [2.45, 2.75) is 0 Å². The van der Waals surface area contributed by atoms with Crippen molar-refractivity contribution in [1.29, 1.82) is 0 Å². The molecule has 1 aliphatic rings. The van der Waals surface area contributed by atoms with Crippen LogP contribution in [0.15, 0.2) is 24.4 Å². The fraction of sp³-hybridized carbons (Fsp3) is 0.333. The van der Waals surface area contributed by atoms with Crippen molar-refractivity contribution in [1.82, 2.24) is 9.38 Å². The van der Waals surface area contributed by atoms with Crippen LogP contribution in [-0.2, 0) is 4.74 Å². The van der Waals surface area contributed by atoms with E-state index in [1.165, 1.54) is 0 Å². The molecule has 0 N–H and O–H groups in total. The zero-order valence-electron chi connectivity index (χ0n) is 9.37. The maximum absolute atomic E-state index is 11.0. The molecule has 0 spiro atoms. The van der Waals surface area contributed by atoms with Gasteiger partial charge >= 0.3 is 0 Å². The molecule has 88 valence electrons. The number of anilines is 1. The summed E-state index contributed by atoms with van der Waals surface area (Å²) >= 11 is 0. The Morgan fingerprint density at radius 1 is 1.29 bits per heavy atom. The summed E-state index contributed by atoms with van der Waals surface area (Å²) in [5, 5.41) is 0. The van der Waals surface area contributed by atoms with Crippen LogP contribution >= 0.6 is 0 Å². The quantitative estimate of drug-likeness (QED) is 0.723. The molecule has 1 saturated heterocycles. The van der Waals surface area contributed by atoms with E-state index in [2.05, 4.69) is 9.88 Å². The molecule has 2 aromatic heterocycles. The van der Waals surface area contributed by atoms with Crippen molar-refractivity contribution >= 4 is 17.8 Å². The number of aromatic nitrogens is 2. The van der Waals surface area contributed by atoms with Gasteiger partial charge < -0.3 is 9.64 Å². The normalized spacial score (nSPS) is 16.4. The van der Waals surface area contributed by atoms with E-state index in [1.54, 1.807) is 6.20 Å². The van der Waals surface area contributed by atoms with E-state index in [0.717, 1.165) is 44.1 Å². The number of carbonyl (C=O) groups is 1. The van der Waals surface area contributed by atoms with Gasteiger partial charge in [-0.3, -0.25) is 9.20 Å². The maximum Gasteiger partial charge on any atom is 0.168 e. The van der Waals surface area contributed by atoms with Gasteiger partial charge in [0.15, 0.2) is 6.29 Å². The summed E-state index contributed by atoms with van der Waals surface area (Å²) in [5.74, 6) is 1.01. The van der Waals surface area contributed by atoms with Gasteiger partial charge in [-0.15, -0.1) is 0 Å². The summed E-state index contributed by atoms with van der Waals surface area (Å²) in [6.07, 6.45) is 2.44. The fourth-order valence-electron chi connectivity index (χ4n) is 2.16. The Kier molecular flexibility index (Phi) is 2.53. The third kappa shape index (κ3) is 1.68. The second-order valence-corrected chi connectivity index (χ2v) is 3.98. The summed E-state index contributed by atoms with van der Waals surface area (Å²) in [7, 11) is 0. The van der Waals surface area contributed by atoms with E-state index in [4.69, 9.17) is 4.74 Å². The van der Waals surface area contributed by atoms with Crippen molar-refractivity contribution in [3.8, 4) is 0 Å². The molecule has 17 heavy (non-hydrogen) atoms. The lowest BCUT2D eigenvalue weighted by molar-refractivity contribution is 0.111. The number of morpholine rings is 1. The monoisotopic (exact) mass is 231 g/mol. The van der Waals surface area contributed by atoms with Crippen LogP contribution in [0.3, 0.4) is 0 Å². The predicted molar refractivity (Wildman–Crippen MR) is 63.6 cm³/mol. The van der Waals surface area contributed by atoms with Crippen LogP contribution < -0.4 is 4.90 Å². The minimum absolute atomic E-state index is 0.585. The first-order valence-electron chi connectivity index (χ1n) is 5.64. The minimum Gasteiger partial charge on any atom is -0.378 e. The van der Waals surface area contributed by atoms with Gasteiger partial charge in [0.1, 0.15) is 17.2 Å². The number of rotatable bonds is 2. The summed E-state index contributed by atoms with van der Waals surface area (Å²) in [6, 6.07) is 5.87. The molecule has 0 bridgehead atoms. The highest BCUT2D eigenvalue weighted by molar-refractivity contribution is 5.75. The summed E-state index contributed by atoms with van der Waals surface area (Å²) < 4.78 is 7.22. The van der Waals surface area contributed by atoms with Gasteiger partial charge in [-0.05, 0) is 12.1 Å². The van der Waals surface area contributed by atoms with Crippen LogP contribution in [-0.4, -0.2) is 42.0 Å². The Labute approximate surface area is 98.6 Å². The first kappa shape index (κ1) is 10.3. The molecule has 3 heterocycles. The van der Waals surface area contributed by atoms with Crippen LogP contribution in [0.1, 0.15) is 10.5 Å². The van der Waals surface area contributed by atoms with E-state index >= 15 is 0 Å². The summed E-state index contributed by atoms with van der Waals surface area (Å²) in [5.41, 5.74) is 1.39. The SMILES string of the molecule is O=Cc1cnc2cccc(N3CCOCC3)n12. The predicted octanol–water partition coefficient (Wildman–Crippen LogP) is 0.983. The Morgan fingerprint density at radius 2 is 2.12 bits per heavy atom. The zero-order chi connectivity index (χ0) is 11.7. The second kappa shape index (κ2) is 4.18. The highest BCUT2D eigenvalue weighted by atomic mass is 16.5. The molecule has 5 heteroatoms. The van der Waals surface area contributed by atoms with Crippen molar-refractivity contribution in [3.05, 3.63) is 30.1 Å². The van der Waals surface area contributed by atoms with Crippen molar-refractivity contribution in [2.75, 3.05) is 31.2 Å². The van der Waals surface area contributed by atoms with E-state index < -0.39 is 0 Å². The average Bonchev–Trinajstić information content (AvgIpc) is 2.82. The van der Waals surface area contributed by atoms with Crippen molar-refractivity contribution < 1.29 is 9.53 Å². The molecule has 1 fully saturated rings. The molecule has 1 aliphatic heterocycles.